The predicted molar refractivity (Wildman–Crippen MR) is 153 cm³/mol. The SMILES string of the molecule is Cc1c(=O)n(C)c(Nc2ccc(I)cc2F)c2c(=O)n(C3CC3)c(=O)n(-c3ccc(NS(C)(=O)=O)cc3)c12. The molecule has 1 fully saturated rings. The third-order valence-corrected chi connectivity index (χ3v) is 7.65. The molecular weight excluding hydrogens is 628 g/mol. The molecule has 1 aliphatic carbocycles. The van der Waals surface area contributed by atoms with E-state index in [1.54, 1.807) is 6.07 Å². The second kappa shape index (κ2) is 9.38. The van der Waals surface area contributed by atoms with E-state index in [0.717, 1.165) is 6.26 Å². The number of nitrogens with zero attached hydrogens (tertiary/aromatic N) is 3. The van der Waals surface area contributed by atoms with Crippen molar-refractivity contribution in [3.8, 4) is 5.69 Å². The molecule has 0 radical (unpaired) electrons. The molecule has 10 nitrogen and oxygen atoms in total. The number of aryl methyl sites for hydroxylation is 1. The van der Waals surface area contributed by atoms with Gasteiger partial charge in [0.05, 0.1) is 23.1 Å². The summed E-state index contributed by atoms with van der Waals surface area (Å²) in [5.41, 5.74) is -0.731. The Bertz CT molecular complexity index is 1910. The van der Waals surface area contributed by atoms with Crippen molar-refractivity contribution in [1.29, 1.82) is 0 Å². The number of fused-ring (bicyclic) bond motifs is 1. The van der Waals surface area contributed by atoms with Crippen LogP contribution in [0.3, 0.4) is 0 Å². The van der Waals surface area contributed by atoms with Gasteiger partial charge in [-0.1, -0.05) is 0 Å². The normalized spacial score (nSPS) is 13.6. The molecule has 1 aliphatic rings. The summed E-state index contributed by atoms with van der Waals surface area (Å²) in [4.78, 5) is 40.9. The molecule has 2 heterocycles. The van der Waals surface area contributed by atoms with Crippen LogP contribution in [0.4, 0.5) is 21.6 Å². The maximum absolute atomic E-state index is 14.8. The third-order valence-electron chi connectivity index (χ3n) is 6.37. The van der Waals surface area contributed by atoms with Crippen molar-refractivity contribution in [2.24, 2.45) is 7.05 Å². The highest BCUT2D eigenvalue weighted by atomic mass is 127. The van der Waals surface area contributed by atoms with Gasteiger partial charge in [0.2, 0.25) is 10.0 Å². The topological polar surface area (TPSA) is 124 Å². The Morgan fingerprint density at radius 2 is 1.68 bits per heavy atom. The number of anilines is 3. The molecule has 0 amide bonds. The van der Waals surface area contributed by atoms with Crippen LogP contribution in [0, 0.1) is 16.3 Å². The van der Waals surface area contributed by atoms with Crippen LogP contribution in [0.1, 0.15) is 24.4 Å². The zero-order chi connectivity index (χ0) is 27.5. The first kappa shape index (κ1) is 26.2. The van der Waals surface area contributed by atoms with Gasteiger partial charge in [0.25, 0.3) is 11.1 Å². The number of sulfonamides is 1. The highest BCUT2D eigenvalue weighted by molar-refractivity contribution is 14.1. The van der Waals surface area contributed by atoms with E-state index in [1.165, 1.54) is 64.1 Å². The lowest BCUT2D eigenvalue weighted by molar-refractivity contribution is 0.607. The van der Waals surface area contributed by atoms with Crippen LogP contribution in [-0.2, 0) is 17.1 Å². The molecule has 0 saturated heterocycles. The number of hydrogen-bond donors (Lipinski definition) is 2. The van der Waals surface area contributed by atoms with E-state index >= 15 is 0 Å². The zero-order valence-electron chi connectivity index (χ0n) is 20.6. The summed E-state index contributed by atoms with van der Waals surface area (Å²) in [6.45, 7) is 1.52. The fourth-order valence-corrected chi connectivity index (χ4v) is 5.48. The van der Waals surface area contributed by atoms with Crippen molar-refractivity contribution in [3.05, 3.63) is 88.6 Å². The van der Waals surface area contributed by atoms with Gasteiger partial charge in [-0.15, -0.1) is 0 Å². The smallest absolute Gasteiger partial charge is 0.336 e. The summed E-state index contributed by atoms with van der Waals surface area (Å²) < 4.78 is 44.8. The van der Waals surface area contributed by atoms with Gasteiger partial charge < -0.3 is 5.32 Å². The van der Waals surface area contributed by atoms with Gasteiger partial charge in [0.15, 0.2) is 0 Å². The molecule has 1 saturated carbocycles. The summed E-state index contributed by atoms with van der Waals surface area (Å²) in [5, 5.41) is 2.98. The molecule has 5 rings (SSSR count). The molecule has 198 valence electrons. The van der Waals surface area contributed by atoms with E-state index < -0.39 is 32.6 Å². The number of aromatic nitrogens is 3. The lowest BCUT2D eigenvalue weighted by Gasteiger charge is -2.20. The molecule has 38 heavy (non-hydrogen) atoms. The number of nitrogens with one attached hydrogen (secondary N) is 2. The molecule has 4 aromatic rings. The van der Waals surface area contributed by atoms with Crippen molar-refractivity contribution in [3.63, 3.8) is 0 Å². The van der Waals surface area contributed by atoms with Crippen molar-refractivity contribution >= 4 is 60.7 Å². The Balaban J connectivity index is 1.85. The maximum Gasteiger partial charge on any atom is 0.336 e. The molecule has 0 spiro atoms. The zero-order valence-corrected chi connectivity index (χ0v) is 23.6. The van der Waals surface area contributed by atoms with E-state index in [2.05, 4.69) is 10.0 Å². The summed E-state index contributed by atoms with van der Waals surface area (Å²) in [5.74, 6) is -0.512. The Hall–Kier alpha value is -3.46. The van der Waals surface area contributed by atoms with Crippen molar-refractivity contribution in [1.82, 2.24) is 13.7 Å². The van der Waals surface area contributed by atoms with Crippen molar-refractivity contribution in [2.75, 3.05) is 16.3 Å². The summed E-state index contributed by atoms with van der Waals surface area (Å²) in [6.07, 6.45) is 2.32. The molecule has 0 aliphatic heterocycles. The van der Waals surface area contributed by atoms with Crippen molar-refractivity contribution < 1.29 is 12.8 Å². The first-order chi connectivity index (χ1) is 17.9. The predicted octanol–water partition coefficient (Wildman–Crippen LogP) is 3.35. The van der Waals surface area contributed by atoms with Crippen LogP contribution in [-0.4, -0.2) is 28.4 Å². The fraction of sp³-hybridized carbons (Fsp3) is 0.240. The van der Waals surface area contributed by atoms with Gasteiger partial charge in [0, 0.05) is 27.9 Å². The van der Waals surface area contributed by atoms with Gasteiger partial charge in [0.1, 0.15) is 17.0 Å². The Morgan fingerprint density at radius 3 is 2.26 bits per heavy atom. The minimum absolute atomic E-state index is 0.0548. The first-order valence-corrected chi connectivity index (χ1v) is 14.6. The molecule has 2 aromatic carbocycles. The van der Waals surface area contributed by atoms with Crippen LogP contribution in [0.15, 0.2) is 56.8 Å². The second-order valence-electron chi connectivity index (χ2n) is 9.26. The molecule has 13 heteroatoms. The highest BCUT2D eigenvalue weighted by Crippen LogP contribution is 2.34. The van der Waals surface area contributed by atoms with Crippen LogP contribution in [0.25, 0.3) is 16.6 Å². The van der Waals surface area contributed by atoms with Gasteiger partial charge in [-0.25, -0.2) is 17.6 Å². The molecule has 2 N–H and O–H groups in total. The number of hydrogen-bond acceptors (Lipinski definition) is 6. The number of pyridine rings is 1. The van der Waals surface area contributed by atoms with E-state index in [1.807, 2.05) is 22.6 Å². The highest BCUT2D eigenvalue weighted by Gasteiger charge is 2.31. The number of benzene rings is 2. The van der Waals surface area contributed by atoms with Gasteiger partial charge in [-0.2, -0.15) is 0 Å². The monoisotopic (exact) mass is 651 g/mol. The molecule has 0 bridgehead atoms. The fourth-order valence-electron chi connectivity index (χ4n) is 4.47. The first-order valence-electron chi connectivity index (χ1n) is 11.6. The standard InChI is InChI=1S/C25H23FIN5O5S/c1-13-21-20(22(30(2)23(13)33)28-19-11-4-14(27)12-18(19)26)24(34)32(17-9-10-17)25(35)31(21)16-7-5-15(6-8-16)29-38(3,36)37/h4-8,11-12,17,28-29H,9-10H2,1-3H3. The van der Waals surface area contributed by atoms with Crippen LogP contribution >= 0.6 is 22.6 Å². The summed E-state index contributed by atoms with van der Waals surface area (Å²) in [7, 11) is -2.04. The Morgan fingerprint density at radius 1 is 1.03 bits per heavy atom. The van der Waals surface area contributed by atoms with Gasteiger partial charge >= 0.3 is 5.69 Å². The summed E-state index contributed by atoms with van der Waals surface area (Å²) >= 11 is 1.98. The minimum Gasteiger partial charge on any atom is -0.338 e. The second-order valence-corrected chi connectivity index (χ2v) is 12.3. The van der Waals surface area contributed by atoms with E-state index in [4.69, 9.17) is 0 Å². The molecule has 2 aromatic heterocycles. The van der Waals surface area contributed by atoms with Crippen LogP contribution in [0.2, 0.25) is 0 Å². The van der Waals surface area contributed by atoms with Gasteiger partial charge in [-0.3, -0.25) is 28.0 Å². The van der Waals surface area contributed by atoms with Crippen molar-refractivity contribution in [2.45, 2.75) is 25.8 Å². The van der Waals surface area contributed by atoms with E-state index in [-0.39, 0.29) is 39.7 Å². The van der Waals surface area contributed by atoms with E-state index in [0.29, 0.717) is 22.1 Å². The quantitative estimate of drug-likeness (QED) is 0.309. The Kier molecular flexibility index (Phi) is 6.46. The Labute approximate surface area is 229 Å². The van der Waals surface area contributed by atoms with Crippen LogP contribution in [0.5, 0.6) is 0 Å². The third kappa shape index (κ3) is 4.64. The average molecular weight is 651 g/mol. The number of halogens is 2. The molecule has 0 atom stereocenters. The minimum atomic E-state index is -3.52. The average Bonchev–Trinajstić information content (AvgIpc) is 3.67. The van der Waals surface area contributed by atoms with Gasteiger partial charge in [-0.05, 0) is 84.8 Å². The lowest BCUT2D eigenvalue weighted by Crippen LogP contribution is -2.41. The van der Waals surface area contributed by atoms with E-state index in [9.17, 15) is 27.2 Å². The largest absolute Gasteiger partial charge is 0.338 e. The summed E-state index contributed by atoms with van der Waals surface area (Å²) in [6, 6.07) is 10.2. The molecule has 0 unspecified atom stereocenters. The maximum atomic E-state index is 14.8. The molecular formula is C25H23FIN5O5S. The van der Waals surface area contributed by atoms with Crippen LogP contribution < -0.4 is 26.8 Å². The lowest BCUT2D eigenvalue weighted by atomic mass is 10.1. The number of rotatable bonds is 6.